The SMILES string of the molecule is CC1c2ccsc2CCN1S(=O)(=O)c1ccc(F)cc1N. The van der Waals surface area contributed by atoms with E-state index in [1.165, 1.54) is 15.2 Å². The first-order valence-electron chi connectivity index (χ1n) is 6.54. The van der Waals surface area contributed by atoms with E-state index in [4.69, 9.17) is 5.73 Å². The van der Waals surface area contributed by atoms with Crippen LogP contribution < -0.4 is 5.73 Å². The van der Waals surface area contributed by atoms with E-state index in [2.05, 4.69) is 0 Å². The molecule has 0 saturated heterocycles. The molecule has 112 valence electrons. The summed E-state index contributed by atoms with van der Waals surface area (Å²) in [6.07, 6.45) is 0.692. The Morgan fingerprint density at radius 1 is 1.38 bits per heavy atom. The number of benzene rings is 1. The van der Waals surface area contributed by atoms with Crippen molar-refractivity contribution in [2.75, 3.05) is 12.3 Å². The van der Waals surface area contributed by atoms with Gasteiger partial charge >= 0.3 is 0 Å². The van der Waals surface area contributed by atoms with Gasteiger partial charge in [0.15, 0.2) is 0 Å². The van der Waals surface area contributed by atoms with Crippen molar-refractivity contribution >= 4 is 27.0 Å². The summed E-state index contributed by atoms with van der Waals surface area (Å²) < 4.78 is 40.1. The van der Waals surface area contributed by atoms with Gasteiger partial charge in [0.25, 0.3) is 0 Å². The maximum absolute atomic E-state index is 13.1. The number of nitrogens with two attached hydrogens (primary N) is 1. The fourth-order valence-electron chi connectivity index (χ4n) is 2.70. The number of anilines is 1. The molecule has 0 aliphatic carbocycles. The first kappa shape index (κ1) is 14.5. The predicted octanol–water partition coefficient (Wildman–Crippen LogP) is 2.78. The van der Waals surface area contributed by atoms with Gasteiger partial charge in [-0.25, -0.2) is 12.8 Å². The molecule has 4 nitrogen and oxygen atoms in total. The molecule has 0 fully saturated rings. The summed E-state index contributed by atoms with van der Waals surface area (Å²) in [6.45, 7) is 2.27. The minimum atomic E-state index is -3.73. The number of rotatable bonds is 2. The number of sulfonamides is 1. The summed E-state index contributed by atoms with van der Waals surface area (Å²) in [7, 11) is -3.73. The van der Waals surface area contributed by atoms with Gasteiger partial charge in [-0.1, -0.05) is 0 Å². The summed E-state index contributed by atoms with van der Waals surface area (Å²) in [5, 5.41) is 1.98. The Balaban J connectivity index is 2.03. The van der Waals surface area contributed by atoms with Gasteiger partial charge in [0, 0.05) is 17.5 Å². The molecular formula is C14H15FN2O2S2. The van der Waals surface area contributed by atoms with Crippen LogP contribution in [0.4, 0.5) is 10.1 Å². The predicted molar refractivity (Wildman–Crippen MR) is 81.1 cm³/mol. The van der Waals surface area contributed by atoms with E-state index in [-0.39, 0.29) is 16.6 Å². The minimum Gasteiger partial charge on any atom is -0.398 e. The largest absolute Gasteiger partial charge is 0.398 e. The lowest BCUT2D eigenvalue weighted by Gasteiger charge is -2.32. The lowest BCUT2D eigenvalue weighted by Crippen LogP contribution is -2.38. The van der Waals surface area contributed by atoms with Crippen LogP contribution in [0.1, 0.15) is 23.4 Å². The topological polar surface area (TPSA) is 63.4 Å². The van der Waals surface area contributed by atoms with E-state index < -0.39 is 15.8 Å². The van der Waals surface area contributed by atoms with Crippen molar-refractivity contribution in [3.63, 3.8) is 0 Å². The van der Waals surface area contributed by atoms with Crippen LogP contribution >= 0.6 is 11.3 Å². The van der Waals surface area contributed by atoms with Crippen molar-refractivity contribution in [2.45, 2.75) is 24.3 Å². The highest BCUT2D eigenvalue weighted by molar-refractivity contribution is 7.89. The smallest absolute Gasteiger partial charge is 0.245 e. The van der Waals surface area contributed by atoms with Crippen LogP contribution in [0.2, 0.25) is 0 Å². The Hall–Kier alpha value is -1.44. The highest BCUT2D eigenvalue weighted by Gasteiger charge is 2.35. The Morgan fingerprint density at radius 2 is 2.14 bits per heavy atom. The molecule has 3 rings (SSSR count). The minimum absolute atomic E-state index is 0.0329. The Morgan fingerprint density at radius 3 is 2.86 bits per heavy atom. The molecule has 0 radical (unpaired) electrons. The molecule has 1 aromatic heterocycles. The van der Waals surface area contributed by atoms with Gasteiger partial charge in [0.05, 0.1) is 5.69 Å². The Kier molecular flexibility index (Phi) is 3.51. The average molecular weight is 326 g/mol. The highest BCUT2D eigenvalue weighted by atomic mass is 32.2. The number of hydrogen-bond donors (Lipinski definition) is 1. The third kappa shape index (κ3) is 2.35. The average Bonchev–Trinajstić information content (AvgIpc) is 2.87. The van der Waals surface area contributed by atoms with Crippen molar-refractivity contribution < 1.29 is 12.8 Å². The van der Waals surface area contributed by atoms with E-state index >= 15 is 0 Å². The third-order valence-electron chi connectivity index (χ3n) is 3.78. The van der Waals surface area contributed by atoms with Crippen molar-refractivity contribution in [1.82, 2.24) is 4.31 Å². The third-order valence-corrected chi connectivity index (χ3v) is 6.82. The van der Waals surface area contributed by atoms with Crippen LogP contribution in [0.15, 0.2) is 34.5 Å². The van der Waals surface area contributed by atoms with Crippen molar-refractivity contribution in [3.8, 4) is 0 Å². The zero-order valence-corrected chi connectivity index (χ0v) is 13.0. The zero-order chi connectivity index (χ0) is 15.2. The molecule has 2 heterocycles. The standard InChI is InChI=1S/C14H15FN2O2S2/c1-9-11-5-7-20-13(11)4-6-17(9)21(18,19)14-3-2-10(15)8-12(14)16/h2-3,5,7-9H,4,6,16H2,1H3. The van der Waals surface area contributed by atoms with Crippen LogP contribution in [0, 0.1) is 5.82 Å². The fraction of sp³-hybridized carbons (Fsp3) is 0.286. The Labute approximate surface area is 127 Å². The molecule has 0 spiro atoms. The highest BCUT2D eigenvalue weighted by Crippen LogP contribution is 2.37. The second-order valence-corrected chi connectivity index (χ2v) is 7.88. The molecule has 0 bridgehead atoms. The van der Waals surface area contributed by atoms with Crippen LogP contribution in [0.3, 0.4) is 0 Å². The molecule has 21 heavy (non-hydrogen) atoms. The van der Waals surface area contributed by atoms with Crippen molar-refractivity contribution in [3.05, 3.63) is 45.9 Å². The number of hydrogen-bond acceptors (Lipinski definition) is 4. The maximum Gasteiger partial charge on any atom is 0.245 e. The molecule has 0 saturated carbocycles. The second-order valence-electron chi connectivity index (χ2n) is 5.02. The summed E-state index contributed by atoms with van der Waals surface area (Å²) in [5.74, 6) is -0.543. The van der Waals surface area contributed by atoms with Gasteiger partial charge in [-0.05, 0) is 48.6 Å². The van der Waals surface area contributed by atoms with Crippen LogP contribution in [-0.4, -0.2) is 19.3 Å². The van der Waals surface area contributed by atoms with Crippen LogP contribution in [0.5, 0.6) is 0 Å². The van der Waals surface area contributed by atoms with Gasteiger partial charge in [-0.15, -0.1) is 11.3 Å². The van der Waals surface area contributed by atoms with Gasteiger partial charge < -0.3 is 5.73 Å². The molecule has 1 aliphatic rings. The van der Waals surface area contributed by atoms with E-state index in [1.54, 1.807) is 11.3 Å². The van der Waals surface area contributed by atoms with Gasteiger partial charge in [0.1, 0.15) is 10.7 Å². The molecular weight excluding hydrogens is 311 g/mol. The number of nitrogens with zero attached hydrogens (tertiary/aromatic N) is 1. The summed E-state index contributed by atoms with van der Waals surface area (Å²) in [6, 6.07) is 5.11. The Bertz CT molecular complexity index is 786. The summed E-state index contributed by atoms with van der Waals surface area (Å²) in [4.78, 5) is 1.19. The van der Waals surface area contributed by atoms with E-state index in [0.717, 1.165) is 17.7 Å². The van der Waals surface area contributed by atoms with Crippen LogP contribution in [-0.2, 0) is 16.4 Å². The zero-order valence-electron chi connectivity index (χ0n) is 11.4. The molecule has 1 atom stereocenters. The summed E-state index contributed by atoms with van der Waals surface area (Å²) in [5.41, 5.74) is 6.67. The van der Waals surface area contributed by atoms with E-state index in [0.29, 0.717) is 13.0 Å². The van der Waals surface area contributed by atoms with Gasteiger partial charge in [0.2, 0.25) is 10.0 Å². The second kappa shape index (κ2) is 5.08. The molecule has 0 amide bonds. The quantitative estimate of drug-likeness (QED) is 0.863. The monoisotopic (exact) mass is 326 g/mol. The maximum atomic E-state index is 13.1. The molecule has 7 heteroatoms. The lowest BCUT2D eigenvalue weighted by molar-refractivity contribution is 0.329. The molecule has 2 N–H and O–H groups in total. The molecule has 1 unspecified atom stereocenters. The lowest BCUT2D eigenvalue weighted by atomic mass is 10.0. The summed E-state index contributed by atoms with van der Waals surface area (Å²) >= 11 is 1.65. The van der Waals surface area contributed by atoms with Crippen LogP contribution in [0.25, 0.3) is 0 Å². The fourth-order valence-corrected chi connectivity index (χ4v) is 5.37. The number of fused-ring (bicyclic) bond motifs is 1. The van der Waals surface area contributed by atoms with Gasteiger partial charge in [-0.2, -0.15) is 4.31 Å². The normalized spacial score (nSPS) is 19.4. The first-order valence-corrected chi connectivity index (χ1v) is 8.86. The number of halogens is 1. The first-order chi connectivity index (χ1) is 9.91. The molecule has 1 aromatic carbocycles. The molecule has 1 aliphatic heterocycles. The van der Waals surface area contributed by atoms with Gasteiger partial charge in [-0.3, -0.25) is 0 Å². The molecule has 2 aromatic rings. The van der Waals surface area contributed by atoms with E-state index in [9.17, 15) is 12.8 Å². The van der Waals surface area contributed by atoms with Crippen molar-refractivity contribution in [2.24, 2.45) is 0 Å². The number of nitrogen functional groups attached to an aromatic ring is 1. The van der Waals surface area contributed by atoms with Crippen molar-refractivity contribution in [1.29, 1.82) is 0 Å². The van der Waals surface area contributed by atoms with E-state index in [1.807, 2.05) is 18.4 Å². The number of thiophene rings is 1.